The van der Waals surface area contributed by atoms with E-state index in [2.05, 4.69) is 4.74 Å². The standard InChI is InChI=1S/C13H13FO4/c1-7-4-5-9(14)10-8(7)6-13(2,12(16)17-3)18-11(10)15/h4-5H,6H2,1-3H3. The molecule has 0 aromatic heterocycles. The van der Waals surface area contributed by atoms with Gasteiger partial charge in [-0.1, -0.05) is 6.07 Å². The molecular formula is C13H13FO4. The molecule has 4 nitrogen and oxygen atoms in total. The van der Waals surface area contributed by atoms with Gasteiger partial charge >= 0.3 is 11.9 Å². The Balaban J connectivity index is 2.55. The van der Waals surface area contributed by atoms with Crippen molar-refractivity contribution in [2.24, 2.45) is 0 Å². The SMILES string of the molecule is COC(=O)C1(C)Cc2c(C)ccc(F)c2C(=O)O1. The summed E-state index contributed by atoms with van der Waals surface area (Å²) in [5, 5.41) is 0. The highest BCUT2D eigenvalue weighted by Crippen LogP contribution is 2.32. The molecule has 0 saturated carbocycles. The highest BCUT2D eigenvalue weighted by atomic mass is 19.1. The fraction of sp³-hybridized carbons (Fsp3) is 0.385. The maximum absolute atomic E-state index is 13.6. The number of rotatable bonds is 1. The number of esters is 2. The van der Waals surface area contributed by atoms with Crippen molar-refractivity contribution in [3.8, 4) is 0 Å². The molecule has 1 aromatic carbocycles. The third-order valence-electron chi connectivity index (χ3n) is 3.15. The van der Waals surface area contributed by atoms with E-state index in [9.17, 15) is 14.0 Å². The quantitative estimate of drug-likeness (QED) is 0.715. The number of carbonyl (C=O) groups excluding carboxylic acids is 2. The lowest BCUT2D eigenvalue weighted by Gasteiger charge is -2.32. The van der Waals surface area contributed by atoms with E-state index in [-0.39, 0.29) is 12.0 Å². The lowest BCUT2D eigenvalue weighted by atomic mass is 9.87. The summed E-state index contributed by atoms with van der Waals surface area (Å²) in [6, 6.07) is 2.79. The number of hydrogen-bond acceptors (Lipinski definition) is 4. The molecule has 0 fully saturated rings. The lowest BCUT2D eigenvalue weighted by Crippen LogP contribution is -2.47. The maximum Gasteiger partial charge on any atom is 0.350 e. The highest BCUT2D eigenvalue weighted by molar-refractivity contribution is 5.96. The molecule has 18 heavy (non-hydrogen) atoms. The van der Waals surface area contributed by atoms with Crippen LogP contribution in [0, 0.1) is 12.7 Å². The van der Waals surface area contributed by atoms with Gasteiger partial charge in [-0.25, -0.2) is 14.0 Å². The van der Waals surface area contributed by atoms with Gasteiger partial charge in [0.05, 0.1) is 12.7 Å². The van der Waals surface area contributed by atoms with E-state index in [1.807, 2.05) is 0 Å². The summed E-state index contributed by atoms with van der Waals surface area (Å²) >= 11 is 0. The third-order valence-corrected chi connectivity index (χ3v) is 3.15. The van der Waals surface area contributed by atoms with Crippen molar-refractivity contribution in [3.05, 3.63) is 34.6 Å². The monoisotopic (exact) mass is 252 g/mol. The molecule has 0 spiro atoms. The molecule has 0 radical (unpaired) electrons. The van der Waals surface area contributed by atoms with Crippen molar-refractivity contribution in [2.45, 2.75) is 25.9 Å². The number of halogens is 1. The minimum absolute atomic E-state index is 0.0867. The molecule has 0 saturated heterocycles. The van der Waals surface area contributed by atoms with Crippen LogP contribution < -0.4 is 0 Å². The van der Waals surface area contributed by atoms with Crippen LogP contribution in [0.25, 0.3) is 0 Å². The molecule has 0 bridgehead atoms. The number of hydrogen-bond donors (Lipinski definition) is 0. The molecule has 1 atom stereocenters. The second kappa shape index (κ2) is 4.08. The zero-order chi connectivity index (χ0) is 13.5. The molecule has 1 aliphatic rings. The first kappa shape index (κ1) is 12.5. The zero-order valence-corrected chi connectivity index (χ0v) is 10.4. The number of fused-ring (bicyclic) bond motifs is 1. The lowest BCUT2D eigenvalue weighted by molar-refractivity contribution is -0.161. The maximum atomic E-state index is 13.6. The van der Waals surface area contributed by atoms with Gasteiger partial charge in [0.1, 0.15) is 5.82 Å². The summed E-state index contributed by atoms with van der Waals surface area (Å²) < 4.78 is 23.3. The number of methoxy groups -OCH3 is 1. The summed E-state index contributed by atoms with van der Waals surface area (Å²) in [5.41, 5.74) is -0.231. The van der Waals surface area contributed by atoms with E-state index in [4.69, 9.17) is 4.74 Å². The van der Waals surface area contributed by atoms with E-state index < -0.39 is 23.4 Å². The third kappa shape index (κ3) is 1.75. The number of ether oxygens (including phenoxy) is 2. The Hall–Kier alpha value is -1.91. The molecule has 0 aliphatic carbocycles. The topological polar surface area (TPSA) is 52.6 Å². The van der Waals surface area contributed by atoms with E-state index in [0.29, 0.717) is 5.56 Å². The molecule has 1 aromatic rings. The van der Waals surface area contributed by atoms with Crippen LogP contribution in [-0.4, -0.2) is 24.6 Å². The van der Waals surface area contributed by atoms with Crippen LogP contribution in [0.4, 0.5) is 4.39 Å². The summed E-state index contributed by atoms with van der Waals surface area (Å²) in [6.07, 6.45) is 0.115. The second-order valence-electron chi connectivity index (χ2n) is 4.51. The minimum Gasteiger partial charge on any atom is -0.466 e. The highest BCUT2D eigenvalue weighted by Gasteiger charge is 2.45. The molecular weight excluding hydrogens is 239 g/mol. The van der Waals surface area contributed by atoms with Gasteiger partial charge in [-0.2, -0.15) is 0 Å². The van der Waals surface area contributed by atoms with Crippen LogP contribution >= 0.6 is 0 Å². The molecule has 1 aliphatic heterocycles. The Kier molecular flexibility index (Phi) is 2.84. The average molecular weight is 252 g/mol. The normalized spacial score (nSPS) is 22.1. The Morgan fingerprint density at radius 1 is 1.50 bits per heavy atom. The molecule has 5 heteroatoms. The van der Waals surface area contributed by atoms with Gasteiger partial charge in [-0.05, 0) is 31.0 Å². The summed E-state index contributed by atoms with van der Waals surface area (Å²) in [5.74, 6) is -2.11. The first-order valence-corrected chi connectivity index (χ1v) is 5.49. The molecule has 0 amide bonds. The van der Waals surface area contributed by atoms with Crippen LogP contribution in [0.5, 0.6) is 0 Å². The summed E-state index contributed by atoms with van der Waals surface area (Å²) in [4.78, 5) is 23.5. The second-order valence-corrected chi connectivity index (χ2v) is 4.51. The molecule has 1 heterocycles. The van der Waals surface area contributed by atoms with Crippen LogP contribution in [0.1, 0.15) is 28.4 Å². The number of cyclic esters (lactones) is 1. The van der Waals surface area contributed by atoms with Crippen LogP contribution in [-0.2, 0) is 20.7 Å². The Morgan fingerprint density at radius 3 is 2.78 bits per heavy atom. The van der Waals surface area contributed by atoms with Gasteiger partial charge in [0.2, 0.25) is 5.60 Å². The van der Waals surface area contributed by atoms with Gasteiger partial charge in [0, 0.05) is 6.42 Å². The Morgan fingerprint density at radius 2 is 2.17 bits per heavy atom. The largest absolute Gasteiger partial charge is 0.466 e. The van der Waals surface area contributed by atoms with E-state index in [1.54, 1.807) is 13.0 Å². The summed E-state index contributed by atoms with van der Waals surface area (Å²) in [6.45, 7) is 3.22. The van der Waals surface area contributed by atoms with Crippen molar-refractivity contribution in [2.75, 3.05) is 7.11 Å². The molecule has 0 N–H and O–H groups in total. The van der Waals surface area contributed by atoms with Gasteiger partial charge in [0.15, 0.2) is 0 Å². The fourth-order valence-corrected chi connectivity index (χ4v) is 2.13. The first-order valence-electron chi connectivity index (χ1n) is 5.49. The average Bonchev–Trinajstić information content (AvgIpc) is 2.32. The van der Waals surface area contributed by atoms with Crippen LogP contribution in [0.3, 0.4) is 0 Å². The van der Waals surface area contributed by atoms with Crippen molar-refractivity contribution >= 4 is 11.9 Å². The number of benzene rings is 1. The van der Waals surface area contributed by atoms with Gasteiger partial charge in [-0.15, -0.1) is 0 Å². The minimum atomic E-state index is -1.39. The summed E-state index contributed by atoms with van der Waals surface area (Å²) in [7, 11) is 1.22. The molecule has 96 valence electrons. The van der Waals surface area contributed by atoms with Crippen LogP contribution in [0.2, 0.25) is 0 Å². The van der Waals surface area contributed by atoms with Crippen LogP contribution in [0.15, 0.2) is 12.1 Å². The predicted molar refractivity (Wildman–Crippen MR) is 60.7 cm³/mol. The zero-order valence-electron chi connectivity index (χ0n) is 10.4. The van der Waals surface area contributed by atoms with Crippen molar-refractivity contribution in [1.29, 1.82) is 0 Å². The van der Waals surface area contributed by atoms with E-state index in [0.717, 1.165) is 5.56 Å². The number of carbonyl (C=O) groups is 2. The van der Waals surface area contributed by atoms with Crippen molar-refractivity contribution in [1.82, 2.24) is 0 Å². The van der Waals surface area contributed by atoms with Gasteiger partial charge < -0.3 is 9.47 Å². The fourth-order valence-electron chi connectivity index (χ4n) is 2.13. The van der Waals surface area contributed by atoms with Crippen molar-refractivity contribution in [3.63, 3.8) is 0 Å². The van der Waals surface area contributed by atoms with Gasteiger partial charge in [-0.3, -0.25) is 0 Å². The Bertz CT molecular complexity index is 538. The molecule has 2 rings (SSSR count). The van der Waals surface area contributed by atoms with Gasteiger partial charge in [0.25, 0.3) is 0 Å². The Labute approximate surface area is 104 Å². The number of aryl methyl sites for hydroxylation is 1. The van der Waals surface area contributed by atoms with E-state index >= 15 is 0 Å². The predicted octanol–water partition coefficient (Wildman–Crippen LogP) is 1.78. The molecule has 1 unspecified atom stereocenters. The first-order chi connectivity index (χ1) is 8.39. The smallest absolute Gasteiger partial charge is 0.350 e. The van der Waals surface area contributed by atoms with Crippen molar-refractivity contribution < 1.29 is 23.5 Å². The van der Waals surface area contributed by atoms with E-state index in [1.165, 1.54) is 20.1 Å².